The van der Waals surface area contributed by atoms with Gasteiger partial charge in [0.05, 0.1) is 6.42 Å². The van der Waals surface area contributed by atoms with Gasteiger partial charge in [0, 0.05) is 12.0 Å². The van der Waals surface area contributed by atoms with Crippen molar-refractivity contribution in [3.8, 4) is 0 Å². The van der Waals surface area contributed by atoms with Gasteiger partial charge in [0.2, 0.25) is 5.91 Å². The minimum absolute atomic E-state index is 0.0534. The highest BCUT2D eigenvalue weighted by Crippen LogP contribution is 2.12. The lowest BCUT2D eigenvalue weighted by molar-refractivity contribution is -0.137. The summed E-state index contributed by atoms with van der Waals surface area (Å²) in [5, 5.41) is 11.5. The van der Waals surface area contributed by atoms with Crippen molar-refractivity contribution in [3.63, 3.8) is 0 Å². The monoisotopic (exact) mass is 263 g/mol. The van der Waals surface area contributed by atoms with Crippen LogP contribution in [0.2, 0.25) is 0 Å². The number of carbonyl (C=O) groups excluding carboxylic acids is 1. The van der Waals surface area contributed by atoms with E-state index in [-0.39, 0.29) is 12.3 Å². The molecule has 0 bridgehead atoms. The first kappa shape index (κ1) is 15.2. The number of hydrogen-bond donors (Lipinski definition) is 2. The average molecular weight is 263 g/mol. The van der Waals surface area contributed by atoms with Crippen molar-refractivity contribution in [1.82, 2.24) is 5.32 Å². The average Bonchev–Trinajstić information content (AvgIpc) is 2.29. The van der Waals surface area contributed by atoms with Crippen LogP contribution in [-0.2, 0) is 16.0 Å². The first-order valence-corrected chi connectivity index (χ1v) is 6.37. The second-order valence-electron chi connectivity index (χ2n) is 5.49. The number of aryl methyl sites for hydroxylation is 1. The third-order valence-corrected chi connectivity index (χ3v) is 2.93. The summed E-state index contributed by atoms with van der Waals surface area (Å²) in [6, 6.07) is 7.80. The van der Waals surface area contributed by atoms with Gasteiger partial charge in [0.1, 0.15) is 0 Å². The number of amides is 1. The highest BCUT2D eigenvalue weighted by atomic mass is 16.4. The number of hydrogen-bond acceptors (Lipinski definition) is 2. The van der Waals surface area contributed by atoms with Gasteiger partial charge in [-0.3, -0.25) is 9.59 Å². The molecule has 0 aliphatic carbocycles. The second-order valence-corrected chi connectivity index (χ2v) is 5.49. The van der Waals surface area contributed by atoms with Crippen LogP contribution in [0, 0.1) is 6.92 Å². The van der Waals surface area contributed by atoms with Crippen molar-refractivity contribution >= 4 is 11.9 Å². The van der Waals surface area contributed by atoms with E-state index in [1.165, 1.54) is 0 Å². The zero-order valence-corrected chi connectivity index (χ0v) is 11.7. The third-order valence-electron chi connectivity index (χ3n) is 2.93. The van der Waals surface area contributed by atoms with Crippen molar-refractivity contribution in [2.75, 3.05) is 0 Å². The van der Waals surface area contributed by atoms with E-state index in [9.17, 15) is 9.59 Å². The Morgan fingerprint density at radius 2 is 1.79 bits per heavy atom. The molecule has 104 valence electrons. The first-order valence-electron chi connectivity index (χ1n) is 6.37. The molecule has 4 heteroatoms. The van der Waals surface area contributed by atoms with Gasteiger partial charge in [-0.15, -0.1) is 0 Å². The minimum Gasteiger partial charge on any atom is -0.481 e. The molecule has 0 atom stereocenters. The molecule has 0 unspecified atom stereocenters. The number of nitrogens with one attached hydrogen (secondary N) is 1. The summed E-state index contributed by atoms with van der Waals surface area (Å²) in [6.45, 7) is 5.67. The minimum atomic E-state index is -0.846. The third kappa shape index (κ3) is 6.04. The highest BCUT2D eigenvalue weighted by molar-refractivity contribution is 5.79. The molecule has 0 aliphatic heterocycles. The Labute approximate surface area is 113 Å². The summed E-state index contributed by atoms with van der Waals surface area (Å²) >= 11 is 0. The van der Waals surface area contributed by atoms with Crippen molar-refractivity contribution < 1.29 is 14.7 Å². The predicted molar refractivity (Wildman–Crippen MR) is 74.0 cm³/mol. The molecule has 0 saturated heterocycles. The van der Waals surface area contributed by atoms with Gasteiger partial charge in [-0.2, -0.15) is 0 Å². The zero-order chi connectivity index (χ0) is 14.5. The molecule has 19 heavy (non-hydrogen) atoms. The van der Waals surface area contributed by atoms with Crippen LogP contribution in [0.1, 0.15) is 37.8 Å². The van der Waals surface area contributed by atoms with E-state index in [2.05, 4.69) is 5.32 Å². The van der Waals surface area contributed by atoms with Gasteiger partial charge in [-0.25, -0.2) is 0 Å². The molecular weight excluding hydrogens is 242 g/mol. The van der Waals surface area contributed by atoms with Crippen LogP contribution in [0.4, 0.5) is 0 Å². The maximum absolute atomic E-state index is 11.9. The van der Waals surface area contributed by atoms with Gasteiger partial charge >= 0.3 is 5.97 Å². The van der Waals surface area contributed by atoms with E-state index in [0.29, 0.717) is 12.8 Å². The number of benzene rings is 1. The van der Waals surface area contributed by atoms with Gasteiger partial charge in [-0.05, 0) is 32.8 Å². The van der Waals surface area contributed by atoms with Crippen LogP contribution in [0.25, 0.3) is 0 Å². The molecule has 1 aromatic carbocycles. The molecule has 0 aliphatic rings. The Morgan fingerprint density at radius 3 is 2.32 bits per heavy atom. The molecule has 1 amide bonds. The molecule has 1 rings (SSSR count). The van der Waals surface area contributed by atoms with Crippen LogP contribution in [0.15, 0.2) is 24.3 Å². The van der Waals surface area contributed by atoms with E-state index in [1.807, 2.05) is 45.0 Å². The Bertz CT molecular complexity index is 449. The SMILES string of the molecule is Cc1ccc(CC(=O)NC(C)(C)CCC(=O)O)cc1. The maximum Gasteiger partial charge on any atom is 0.303 e. The fourth-order valence-corrected chi connectivity index (χ4v) is 1.79. The number of aliphatic carboxylic acids is 1. The molecule has 0 fully saturated rings. The molecule has 4 nitrogen and oxygen atoms in total. The lowest BCUT2D eigenvalue weighted by atomic mass is 9.97. The summed E-state index contributed by atoms with van der Waals surface area (Å²) in [6.07, 6.45) is 0.788. The summed E-state index contributed by atoms with van der Waals surface area (Å²) in [4.78, 5) is 22.4. The molecule has 2 N–H and O–H groups in total. The van der Waals surface area contributed by atoms with Gasteiger partial charge in [0.15, 0.2) is 0 Å². The molecule has 0 spiro atoms. The van der Waals surface area contributed by atoms with Crippen LogP contribution in [0.5, 0.6) is 0 Å². The lowest BCUT2D eigenvalue weighted by Gasteiger charge is -2.25. The lowest BCUT2D eigenvalue weighted by Crippen LogP contribution is -2.44. The zero-order valence-electron chi connectivity index (χ0n) is 11.7. The Kier molecular flexibility index (Phi) is 5.10. The number of rotatable bonds is 6. The molecule has 0 radical (unpaired) electrons. The topological polar surface area (TPSA) is 66.4 Å². The van der Waals surface area contributed by atoms with Crippen molar-refractivity contribution in [1.29, 1.82) is 0 Å². The van der Waals surface area contributed by atoms with Crippen LogP contribution >= 0.6 is 0 Å². The molecule has 0 aromatic heterocycles. The number of carboxylic acid groups (broad SMARTS) is 1. The van der Waals surface area contributed by atoms with E-state index in [0.717, 1.165) is 11.1 Å². The highest BCUT2D eigenvalue weighted by Gasteiger charge is 2.21. The largest absolute Gasteiger partial charge is 0.481 e. The van der Waals surface area contributed by atoms with E-state index in [4.69, 9.17) is 5.11 Å². The van der Waals surface area contributed by atoms with Gasteiger partial charge in [0.25, 0.3) is 0 Å². The number of carbonyl (C=O) groups is 2. The molecule has 0 saturated carbocycles. The normalized spacial score (nSPS) is 11.1. The summed E-state index contributed by atoms with van der Waals surface area (Å²) in [7, 11) is 0. The molecule has 0 heterocycles. The summed E-state index contributed by atoms with van der Waals surface area (Å²) in [5.41, 5.74) is 1.61. The van der Waals surface area contributed by atoms with Crippen LogP contribution in [0.3, 0.4) is 0 Å². The van der Waals surface area contributed by atoms with E-state index >= 15 is 0 Å². The fraction of sp³-hybridized carbons (Fsp3) is 0.467. The van der Waals surface area contributed by atoms with Crippen molar-refractivity contribution in [3.05, 3.63) is 35.4 Å². The quantitative estimate of drug-likeness (QED) is 0.827. The Morgan fingerprint density at radius 1 is 1.21 bits per heavy atom. The number of carboxylic acids is 1. The van der Waals surface area contributed by atoms with Crippen molar-refractivity contribution in [2.24, 2.45) is 0 Å². The predicted octanol–water partition coefficient (Wildman–Crippen LogP) is 2.30. The summed E-state index contributed by atoms with van der Waals surface area (Å²) in [5.74, 6) is -0.930. The Hall–Kier alpha value is -1.84. The van der Waals surface area contributed by atoms with E-state index in [1.54, 1.807) is 0 Å². The van der Waals surface area contributed by atoms with Gasteiger partial charge < -0.3 is 10.4 Å². The fourth-order valence-electron chi connectivity index (χ4n) is 1.79. The van der Waals surface area contributed by atoms with Crippen molar-refractivity contribution in [2.45, 2.75) is 45.6 Å². The molecule has 1 aromatic rings. The Balaban J connectivity index is 2.50. The second kappa shape index (κ2) is 6.36. The van der Waals surface area contributed by atoms with Gasteiger partial charge in [-0.1, -0.05) is 29.8 Å². The van der Waals surface area contributed by atoms with E-state index < -0.39 is 11.5 Å². The van der Waals surface area contributed by atoms with Crippen LogP contribution < -0.4 is 5.32 Å². The standard InChI is InChI=1S/C15H21NO3/c1-11-4-6-12(7-5-11)10-13(17)16-15(2,3)9-8-14(18)19/h4-7H,8-10H2,1-3H3,(H,16,17)(H,18,19). The smallest absolute Gasteiger partial charge is 0.303 e. The molecular formula is C15H21NO3. The first-order chi connectivity index (χ1) is 8.78. The maximum atomic E-state index is 11.9. The van der Waals surface area contributed by atoms with Crippen LogP contribution in [-0.4, -0.2) is 22.5 Å². The summed E-state index contributed by atoms with van der Waals surface area (Å²) < 4.78 is 0.